The Kier molecular flexibility index (Phi) is 8.66. The van der Waals surface area contributed by atoms with Gasteiger partial charge < -0.3 is 10.2 Å². The van der Waals surface area contributed by atoms with Crippen LogP contribution in [0.3, 0.4) is 0 Å². The van der Waals surface area contributed by atoms with Gasteiger partial charge in [-0.2, -0.15) is 0 Å². The van der Waals surface area contributed by atoms with Crippen LogP contribution in [-0.4, -0.2) is 35.8 Å². The Bertz CT molecular complexity index is 747. The maximum atomic E-state index is 13.1. The van der Waals surface area contributed by atoms with Crippen molar-refractivity contribution in [2.75, 3.05) is 13.1 Å². The van der Waals surface area contributed by atoms with Gasteiger partial charge in [0.1, 0.15) is 11.9 Å². The van der Waals surface area contributed by atoms with Gasteiger partial charge in [-0.3, -0.25) is 9.59 Å². The number of nitrogens with zero attached hydrogens (tertiary/aromatic N) is 1. The maximum Gasteiger partial charge on any atom is 0.242 e. The third-order valence-electron chi connectivity index (χ3n) is 4.75. The molecule has 28 heavy (non-hydrogen) atoms. The van der Waals surface area contributed by atoms with E-state index in [-0.39, 0.29) is 24.1 Å². The molecule has 0 aliphatic carbocycles. The van der Waals surface area contributed by atoms with E-state index in [9.17, 15) is 14.0 Å². The molecule has 0 aliphatic heterocycles. The minimum Gasteiger partial charge on any atom is -0.354 e. The van der Waals surface area contributed by atoms with E-state index in [1.165, 1.54) is 12.1 Å². The van der Waals surface area contributed by atoms with Gasteiger partial charge in [0.2, 0.25) is 11.8 Å². The molecule has 1 N–H and O–H groups in total. The van der Waals surface area contributed by atoms with Crippen molar-refractivity contribution in [3.8, 4) is 0 Å². The third-order valence-corrected chi connectivity index (χ3v) is 4.75. The molecule has 0 saturated heterocycles. The Morgan fingerprint density at radius 1 is 1.04 bits per heavy atom. The largest absolute Gasteiger partial charge is 0.354 e. The first-order chi connectivity index (χ1) is 13.5. The van der Waals surface area contributed by atoms with Crippen LogP contribution in [0.2, 0.25) is 0 Å². The summed E-state index contributed by atoms with van der Waals surface area (Å²) in [7, 11) is 0. The lowest BCUT2D eigenvalue weighted by Crippen LogP contribution is -2.49. The quantitative estimate of drug-likeness (QED) is 0.635. The van der Waals surface area contributed by atoms with Gasteiger partial charge in [0.05, 0.1) is 6.42 Å². The zero-order valence-electron chi connectivity index (χ0n) is 16.7. The zero-order chi connectivity index (χ0) is 20.4. The molecule has 5 heteroatoms. The van der Waals surface area contributed by atoms with Crippen molar-refractivity contribution >= 4 is 11.8 Å². The van der Waals surface area contributed by atoms with Crippen LogP contribution in [0.1, 0.15) is 37.8 Å². The second-order valence-corrected chi connectivity index (χ2v) is 6.95. The highest BCUT2D eigenvalue weighted by Crippen LogP contribution is 2.10. The smallest absolute Gasteiger partial charge is 0.242 e. The number of rotatable bonds is 10. The van der Waals surface area contributed by atoms with Crippen LogP contribution in [0, 0.1) is 5.82 Å². The molecule has 2 aromatic rings. The molecule has 2 aromatic carbocycles. The van der Waals surface area contributed by atoms with E-state index in [4.69, 9.17) is 0 Å². The van der Waals surface area contributed by atoms with E-state index in [2.05, 4.69) is 12.2 Å². The number of halogens is 1. The van der Waals surface area contributed by atoms with E-state index >= 15 is 0 Å². The summed E-state index contributed by atoms with van der Waals surface area (Å²) in [5.74, 6) is -0.615. The number of amides is 2. The highest BCUT2D eigenvalue weighted by Gasteiger charge is 2.25. The predicted molar refractivity (Wildman–Crippen MR) is 109 cm³/mol. The first-order valence-electron chi connectivity index (χ1n) is 9.86. The Hall–Kier alpha value is -2.69. The maximum absolute atomic E-state index is 13.1. The molecule has 0 saturated carbocycles. The molecule has 1 atom stereocenters. The summed E-state index contributed by atoms with van der Waals surface area (Å²) in [6, 6.07) is 15.2. The highest BCUT2D eigenvalue weighted by atomic mass is 19.1. The minimum absolute atomic E-state index is 0.138. The second-order valence-electron chi connectivity index (χ2n) is 6.95. The Morgan fingerprint density at radius 2 is 1.71 bits per heavy atom. The van der Waals surface area contributed by atoms with Crippen molar-refractivity contribution in [2.24, 2.45) is 0 Å². The summed E-state index contributed by atoms with van der Waals surface area (Å²) in [5, 5.41) is 2.91. The molecule has 0 radical (unpaired) electrons. The fourth-order valence-corrected chi connectivity index (χ4v) is 2.98. The summed E-state index contributed by atoms with van der Waals surface area (Å²) in [4.78, 5) is 27.1. The molecule has 0 fully saturated rings. The highest BCUT2D eigenvalue weighted by molar-refractivity contribution is 5.88. The molecule has 4 nitrogen and oxygen atoms in total. The van der Waals surface area contributed by atoms with Gasteiger partial charge in [-0.1, -0.05) is 55.8 Å². The van der Waals surface area contributed by atoms with Crippen molar-refractivity contribution in [2.45, 2.75) is 45.6 Å². The van der Waals surface area contributed by atoms with Gasteiger partial charge in [-0.15, -0.1) is 0 Å². The van der Waals surface area contributed by atoms with Gasteiger partial charge in [0, 0.05) is 13.1 Å². The van der Waals surface area contributed by atoms with Crippen molar-refractivity contribution < 1.29 is 14.0 Å². The van der Waals surface area contributed by atoms with E-state index < -0.39 is 6.04 Å². The van der Waals surface area contributed by atoms with Gasteiger partial charge in [-0.05, 0) is 43.0 Å². The van der Waals surface area contributed by atoms with Crippen LogP contribution in [0.25, 0.3) is 0 Å². The predicted octanol–water partition coefficient (Wildman–Crippen LogP) is 3.74. The molecular formula is C23H29FN2O2. The van der Waals surface area contributed by atoms with Crippen LogP contribution in [-0.2, 0) is 22.4 Å². The molecule has 150 valence electrons. The van der Waals surface area contributed by atoms with E-state index in [1.54, 1.807) is 24.0 Å². The van der Waals surface area contributed by atoms with Crippen LogP contribution in [0.5, 0.6) is 0 Å². The lowest BCUT2D eigenvalue weighted by Gasteiger charge is -2.29. The number of benzene rings is 2. The van der Waals surface area contributed by atoms with Crippen LogP contribution < -0.4 is 5.32 Å². The number of hydrogen-bond acceptors (Lipinski definition) is 2. The topological polar surface area (TPSA) is 49.4 Å². The summed E-state index contributed by atoms with van der Waals surface area (Å²) < 4.78 is 13.1. The summed E-state index contributed by atoms with van der Waals surface area (Å²) >= 11 is 0. The van der Waals surface area contributed by atoms with Crippen LogP contribution in [0.15, 0.2) is 54.6 Å². The van der Waals surface area contributed by atoms with E-state index in [1.807, 2.05) is 30.3 Å². The van der Waals surface area contributed by atoms with Gasteiger partial charge in [0.15, 0.2) is 0 Å². The monoisotopic (exact) mass is 384 g/mol. The first-order valence-corrected chi connectivity index (χ1v) is 9.86. The molecule has 0 bridgehead atoms. The first kappa shape index (κ1) is 21.6. The normalized spacial score (nSPS) is 11.7. The molecular weight excluding hydrogens is 355 g/mol. The lowest BCUT2D eigenvalue weighted by atomic mass is 10.1. The third kappa shape index (κ3) is 6.80. The molecule has 0 aromatic heterocycles. The molecule has 0 aliphatic rings. The number of unbranched alkanes of at least 4 members (excludes halogenated alkanes) is 1. The second kappa shape index (κ2) is 11.2. The fourth-order valence-electron chi connectivity index (χ4n) is 2.98. The number of carbonyl (C=O) groups is 2. The average molecular weight is 384 g/mol. The Labute approximate surface area is 166 Å². The lowest BCUT2D eigenvalue weighted by molar-refractivity contribution is -0.139. The standard InChI is InChI=1S/C23H29FN2O2/c1-3-4-15-25-23(28)18(2)26(16-14-19-8-6-5-7-9-19)22(27)17-20-10-12-21(24)13-11-20/h5-13,18H,3-4,14-17H2,1-2H3,(H,25,28)/t18-/m1/s1. The van der Waals surface area contributed by atoms with Crippen molar-refractivity contribution in [3.63, 3.8) is 0 Å². The minimum atomic E-state index is -0.562. The van der Waals surface area contributed by atoms with Gasteiger partial charge in [0.25, 0.3) is 0 Å². The van der Waals surface area contributed by atoms with Gasteiger partial charge >= 0.3 is 0 Å². The molecule has 0 heterocycles. The zero-order valence-corrected chi connectivity index (χ0v) is 16.7. The van der Waals surface area contributed by atoms with E-state index in [0.717, 1.165) is 24.0 Å². The molecule has 2 rings (SSSR count). The number of nitrogens with one attached hydrogen (secondary N) is 1. The summed E-state index contributed by atoms with van der Waals surface area (Å²) in [6.45, 7) is 4.88. The van der Waals surface area contributed by atoms with Crippen LogP contribution in [0.4, 0.5) is 4.39 Å². The van der Waals surface area contributed by atoms with Crippen LogP contribution >= 0.6 is 0 Å². The molecule has 2 amide bonds. The molecule has 0 spiro atoms. The average Bonchev–Trinajstić information content (AvgIpc) is 2.70. The molecule has 0 unspecified atom stereocenters. The van der Waals surface area contributed by atoms with E-state index in [0.29, 0.717) is 19.5 Å². The van der Waals surface area contributed by atoms with Crippen molar-refractivity contribution in [3.05, 3.63) is 71.5 Å². The van der Waals surface area contributed by atoms with Gasteiger partial charge in [-0.25, -0.2) is 4.39 Å². The SMILES string of the molecule is CCCCNC(=O)[C@@H](C)N(CCc1ccccc1)C(=O)Cc1ccc(F)cc1. The summed E-state index contributed by atoms with van der Waals surface area (Å²) in [5.41, 5.74) is 1.84. The Balaban J connectivity index is 2.08. The van der Waals surface area contributed by atoms with Crippen molar-refractivity contribution in [1.82, 2.24) is 10.2 Å². The number of hydrogen-bond donors (Lipinski definition) is 1. The Morgan fingerprint density at radius 3 is 2.36 bits per heavy atom. The summed E-state index contributed by atoms with van der Waals surface area (Å²) in [6.07, 6.45) is 2.71. The van der Waals surface area contributed by atoms with Crippen molar-refractivity contribution in [1.29, 1.82) is 0 Å². The fraction of sp³-hybridized carbons (Fsp3) is 0.391. The number of carbonyl (C=O) groups excluding carboxylic acids is 2.